The fourth-order valence-electron chi connectivity index (χ4n) is 2.63. The van der Waals surface area contributed by atoms with Crippen molar-refractivity contribution in [3.63, 3.8) is 0 Å². The molecular weight excluding hydrogens is 350 g/mol. The predicted octanol–water partition coefficient (Wildman–Crippen LogP) is 3.15. The summed E-state index contributed by atoms with van der Waals surface area (Å²) < 4.78 is 8.05. The van der Waals surface area contributed by atoms with E-state index >= 15 is 0 Å². The largest absolute Gasteiger partial charge is 0.385 e. The van der Waals surface area contributed by atoms with Crippen LogP contribution in [-0.4, -0.2) is 34.8 Å². The van der Waals surface area contributed by atoms with Crippen LogP contribution in [-0.2, 0) is 17.7 Å². The molecule has 0 bridgehead atoms. The van der Waals surface area contributed by atoms with Crippen LogP contribution in [0.5, 0.6) is 0 Å². The smallest absolute Gasteiger partial charge is 0.263 e. The van der Waals surface area contributed by atoms with Gasteiger partial charge in [0.25, 0.3) is 5.56 Å². The molecule has 122 valence electrons. The van der Waals surface area contributed by atoms with Gasteiger partial charge in [-0.2, -0.15) is 5.26 Å². The first-order valence-corrected chi connectivity index (χ1v) is 10.2. The van der Waals surface area contributed by atoms with Gasteiger partial charge in [-0.1, -0.05) is 11.8 Å². The van der Waals surface area contributed by atoms with E-state index in [9.17, 15) is 4.79 Å². The van der Waals surface area contributed by atoms with Crippen molar-refractivity contribution in [2.45, 2.75) is 35.2 Å². The van der Waals surface area contributed by atoms with Crippen LogP contribution in [0.15, 0.2) is 14.2 Å². The van der Waals surface area contributed by atoms with Gasteiger partial charge in [-0.25, -0.2) is 4.98 Å². The van der Waals surface area contributed by atoms with E-state index in [0.717, 1.165) is 35.2 Å². The molecule has 2 aromatic heterocycles. The molecule has 0 unspecified atom stereocenters. The molecule has 0 spiro atoms. The minimum atomic E-state index is 0.0338. The SMILES string of the molecule is COCCCn1c(SCC#N)nc2sc3c(c2c1=O)CCCS3. The highest BCUT2D eigenvalue weighted by Crippen LogP contribution is 2.40. The number of aryl methyl sites for hydroxylation is 1. The number of aromatic nitrogens is 2. The molecule has 0 fully saturated rings. The Bertz CT molecular complexity index is 807. The molecular formula is C15H17N3O2S3. The molecule has 0 N–H and O–H groups in total. The summed E-state index contributed by atoms with van der Waals surface area (Å²) in [5.74, 6) is 1.40. The average molecular weight is 368 g/mol. The van der Waals surface area contributed by atoms with E-state index in [2.05, 4.69) is 6.07 Å². The Hall–Kier alpha value is -1.01. The van der Waals surface area contributed by atoms with Crippen LogP contribution < -0.4 is 5.56 Å². The Balaban J connectivity index is 2.10. The number of fused-ring (bicyclic) bond motifs is 3. The summed E-state index contributed by atoms with van der Waals surface area (Å²) in [5.41, 5.74) is 1.21. The lowest BCUT2D eigenvalue weighted by Crippen LogP contribution is -2.24. The molecule has 0 saturated heterocycles. The molecule has 0 atom stereocenters. The minimum absolute atomic E-state index is 0.0338. The molecule has 0 aromatic carbocycles. The number of hydrogen-bond donors (Lipinski definition) is 0. The highest BCUT2D eigenvalue weighted by atomic mass is 32.2. The summed E-state index contributed by atoms with van der Waals surface area (Å²) in [6.07, 6.45) is 2.82. The van der Waals surface area contributed by atoms with E-state index in [1.54, 1.807) is 23.0 Å². The normalized spacial score (nSPS) is 13.9. The Morgan fingerprint density at radius 2 is 2.39 bits per heavy atom. The molecule has 23 heavy (non-hydrogen) atoms. The van der Waals surface area contributed by atoms with E-state index in [-0.39, 0.29) is 5.56 Å². The summed E-state index contributed by atoms with van der Waals surface area (Å²) in [4.78, 5) is 18.5. The van der Waals surface area contributed by atoms with E-state index in [4.69, 9.17) is 15.0 Å². The van der Waals surface area contributed by atoms with Crippen molar-refractivity contribution in [1.82, 2.24) is 9.55 Å². The van der Waals surface area contributed by atoms with Gasteiger partial charge in [0.05, 0.1) is 21.4 Å². The third-order valence-electron chi connectivity index (χ3n) is 3.64. The zero-order chi connectivity index (χ0) is 16.2. The number of rotatable bonds is 6. The van der Waals surface area contributed by atoms with E-state index in [1.807, 2.05) is 11.8 Å². The first-order chi connectivity index (χ1) is 11.3. The van der Waals surface area contributed by atoms with Crippen molar-refractivity contribution >= 4 is 45.1 Å². The summed E-state index contributed by atoms with van der Waals surface area (Å²) in [7, 11) is 1.65. The maximum absolute atomic E-state index is 13.0. The van der Waals surface area contributed by atoms with Gasteiger partial charge >= 0.3 is 0 Å². The molecule has 0 aliphatic carbocycles. The van der Waals surface area contributed by atoms with Gasteiger partial charge in [0.2, 0.25) is 0 Å². The highest BCUT2D eigenvalue weighted by molar-refractivity contribution is 8.01. The van der Waals surface area contributed by atoms with Crippen molar-refractivity contribution in [3.8, 4) is 6.07 Å². The molecule has 3 heterocycles. The van der Waals surface area contributed by atoms with Crippen molar-refractivity contribution in [2.24, 2.45) is 0 Å². The second-order valence-electron chi connectivity index (χ2n) is 5.14. The molecule has 0 radical (unpaired) electrons. The fraction of sp³-hybridized carbons (Fsp3) is 0.533. The fourth-order valence-corrected chi connectivity index (χ4v) is 5.89. The maximum Gasteiger partial charge on any atom is 0.263 e. The van der Waals surface area contributed by atoms with Gasteiger partial charge in [-0.05, 0) is 30.6 Å². The highest BCUT2D eigenvalue weighted by Gasteiger charge is 2.22. The summed E-state index contributed by atoms with van der Waals surface area (Å²) >= 11 is 4.77. The topological polar surface area (TPSA) is 67.9 Å². The molecule has 1 aliphatic heterocycles. The third kappa shape index (κ3) is 3.43. The summed E-state index contributed by atoms with van der Waals surface area (Å²) in [5, 5.41) is 10.3. The lowest BCUT2D eigenvalue weighted by Gasteiger charge is -2.12. The second-order valence-corrected chi connectivity index (χ2v) is 8.45. The Morgan fingerprint density at radius 1 is 1.52 bits per heavy atom. The van der Waals surface area contributed by atoms with Gasteiger partial charge in [0.1, 0.15) is 4.83 Å². The van der Waals surface area contributed by atoms with Gasteiger partial charge in [-0.15, -0.1) is 23.1 Å². The number of nitriles is 1. The van der Waals surface area contributed by atoms with E-state index < -0.39 is 0 Å². The zero-order valence-corrected chi connectivity index (χ0v) is 15.3. The minimum Gasteiger partial charge on any atom is -0.385 e. The lowest BCUT2D eigenvalue weighted by atomic mass is 10.1. The summed E-state index contributed by atoms with van der Waals surface area (Å²) in [6, 6.07) is 2.11. The van der Waals surface area contributed by atoms with E-state index in [1.165, 1.54) is 21.5 Å². The second kappa shape index (κ2) is 7.71. The average Bonchev–Trinajstić information content (AvgIpc) is 2.93. The maximum atomic E-state index is 13.0. The lowest BCUT2D eigenvalue weighted by molar-refractivity contribution is 0.189. The van der Waals surface area contributed by atoms with Crippen LogP contribution >= 0.6 is 34.9 Å². The standard InChI is InChI=1S/C15H17N3O2S3/c1-20-7-3-6-18-13(19)11-10-4-2-8-21-14(10)23-12(11)17-15(18)22-9-5-16/h2-4,6-9H2,1H3. The van der Waals surface area contributed by atoms with Crippen molar-refractivity contribution in [1.29, 1.82) is 5.26 Å². The van der Waals surface area contributed by atoms with Crippen LogP contribution in [0.25, 0.3) is 10.2 Å². The monoisotopic (exact) mass is 367 g/mol. The van der Waals surface area contributed by atoms with Crippen LogP contribution in [0.4, 0.5) is 0 Å². The molecule has 0 saturated carbocycles. The predicted molar refractivity (Wildman–Crippen MR) is 95.8 cm³/mol. The molecule has 3 rings (SSSR count). The van der Waals surface area contributed by atoms with Crippen LogP contribution in [0.1, 0.15) is 18.4 Å². The Morgan fingerprint density at radius 3 is 3.17 bits per heavy atom. The quantitative estimate of drug-likeness (QED) is 0.444. The first-order valence-electron chi connectivity index (χ1n) is 7.44. The van der Waals surface area contributed by atoms with Crippen LogP contribution in [0.2, 0.25) is 0 Å². The zero-order valence-electron chi connectivity index (χ0n) is 12.8. The van der Waals surface area contributed by atoms with Gasteiger partial charge in [0.15, 0.2) is 5.16 Å². The molecule has 1 aliphatic rings. The molecule has 0 amide bonds. The number of thioether (sulfide) groups is 2. The molecule has 8 heteroatoms. The van der Waals surface area contributed by atoms with E-state index in [0.29, 0.717) is 24.1 Å². The van der Waals surface area contributed by atoms with Crippen LogP contribution in [0.3, 0.4) is 0 Å². The first kappa shape index (κ1) is 16.8. The molecule has 2 aromatic rings. The third-order valence-corrected chi connectivity index (χ3v) is 7.01. The number of nitrogens with zero attached hydrogens (tertiary/aromatic N) is 3. The number of methoxy groups -OCH3 is 1. The van der Waals surface area contributed by atoms with Gasteiger partial charge < -0.3 is 4.74 Å². The number of thiophene rings is 1. The Labute approximate surface area is 147 Å². The van der Waals surface area contributed by atoms with Crippen molar-refractivity contribution in [2.75, 3.05) is 25.2 Å². The number of hydrogen-bond acceptors (Lipinski definition) is 7. The van der Waals surface area contributed by atoms with Crippen LogP contribution in [0, 0.1) is 11.3 Å². The summed E-state index contributed by atoms with van der Waals surface area (Å²) in [6.45, 7) is 1.17. The van der Waals surface area contributed by atoms with Gasteiger partial charge in [0, 0.05) is 20.3 Å². The van der Waals surface area contributed by atoms with Gasteiger partial charge in [-0.3, -0.25) is 9.36 Å². The number of ether oxygens (including phenoxy) is 1. The molecule has 5 nitrogen and oxygen atoms in total. The van der Waals surface area contributed by atoms with Crippen molar-refractivity contribution in [3.05, 3.63) is 15.9 Å². The van der Waals surface area contributed by atoms with Crippen molar-refractivity contribution < 1.29 is 4.74 Å². The Kier molecular flexibility index (Phi) is 5.64.